The number of halogens is 1. The van der Waals surface area contributed by atoms with E-state index in [0.29, 0.717) is 23.9 Å². The molecule has 0 radical (unpaired) electrons. The van der Waals surface area contributed by atoms with Gasteiger partial charge >= 0.3 is 0 Å². The lowest BCUT2D eigenvalue weighted by Gasteiger charge is -2.46. The topological polar surface area (TPSA) is 73.4 Å². The van der Waals surface area contributed by atoms with Gasteiger partial charge < -0.3 is 10.5 Å². The maximum atomic E-state index is 14.9. The molecular formula is C19H23FN4OS. The number of hydrogen-bond donors (Lipinski definition) is 1. The summed E-state index contributed by atoms with van der Waals surface area (Å²) in [5.74, 6) is -0.109. The molecule has 1 aromatic carbocycles. The molecule has 1 fully saturated rings. The Bertz CT molecular complexity index is 816. The van der Waals surface area contributed by atoms with Crippen molar-refractivity contribution in [2.45, 2.75) is 31.6 Å². The van der Waals surface area contributed by atoms with E-state index in [2.05, 4.69) is 16.9 Å². The Morgan fingerprint density at radius 2 is 2.04 bits per heavy atom. The Balaban J connectivity index is 0.00000196. The van der Waals surface area contributed by atoms with Crippen LogP contribution >= 0.6 is 11.8 Å². The van der Waals surface area contributed by atoms with Crippen molar-refractivity contribution in [2.24, 2.45) is 16.6 Å². The molecule has 7 heteroatoms. The zero-order valence-corrected chi connectivity index (χ0v) is 14.7. The van der Waals surface area contributed by atoms with Crippen molar-refractivity contribution >= 4 is 16.9 Å². The monoisotopic (exact) mass is 374 g/mol. The quantitative estimate of drug-likeness (QED) is 0.869. The van der Waals surface area contributed by atoms with Gasteiger partial charge in [0.1, 0.15) is 17.7 Å². The van der Waals surface area contributed by atoms with Gasteiger partial charge in [-0.25, -0.2) is 19.4 Å². The van der Waals surface area contributed by atoms with Gasteiger partial charge in [0.15, 0.2) is 5.17 Å². The molecule has 2 aliphatic heterocycles. The van der Waals surface area contributed by atoms with Crippen LogP contribution in [0.2, 0.25) is 0 Å². The van der Waals surface area contributed by atoms with Crippen LogP contribution in [0.15, 0.2) is 41.9 Å². The average Bonchev–Trinajstić information content (AvgIpc) is 2.62. The predicted octanol–water partition coefficient (Wildman–Crippen LogP) is 3.60. The van der Waals surface area contributed by atoms with Gasteiger partial charge in [0.05, 0.1) is 6.61 Å². The molecule has 2 aliphatic rings. The number of aromatic nitrogens is 2. The number of hydrogen-bond acceptors (Lipinski definition) is 6. The molecule has 4 rings (SSSR count). The smallest absolute Gasteiger partial charge is 0.155 e. The van der Waals surface area contributed by atoms with Crippen LogP contribution in [0, 0.1) is 11.7 Å². The SMILES string of the molecule is C.C[C@H]1SC(N)=N[C@@]2(c3cc(-c4cncnc4)ccc3F)COCC[C@@H]12. The molecule has 0 saturated carbocycles. The second-order valence-corrected chi connectivity index (χ2v) is 7.86. The van der Waals surface area contributed by atoms with E-state index in [9.17, 15) is 4.39 Å². The van der Waals surface area contributed by atoms with Crippen molar-refractivity contribution in [2.75, 3.05) is 13.2 Å². The lowest BCUT2D eigenvalue weighted by atomic mass is 9.73. The van der Waals surface area contributed by atoms with Gasteiger partial charge in [-0.2, -0.15) is 0 Å². The van der Waals surface area contributed by atoms with Crippen molar-refractivity contribution in [1.82, 2.24) is 9.97 Å². The molecule has 1 aromatic heterocycles. The molecule has 0 amide bonds. The number of thioether (sulfide) groups is 1. The van der Waals surface area contributed by atoms with Crippen molar-refractivity contribution in [3.63, 3.8) is 0 Å². The van der Waals surface area contributed by atoms with Crippen molar-refractivity contribution < 1.29 is 9.13 Å². The van der Waals surface area contributed by atoms with Crippen molar-refractivity contribution in [3.8, 4) is 11.1 Å². The molecule has 0 unspecified atom stereocenters. The molecular weight excluding hydrogens is 351 g/mol. The average molecular weight is 374 g/mol. The Labute approximate surface area is 157 Å². The van der Waals surface area contributed by atoms with Crippen LogP contribution < -0.4 is 5.73 Å². The fourth-order valence-corrected chi connectivity index (χ4v) is 4.96. The minimum absolute atomic E-state index is 0. The lowest BCUT2D eigenvalue weighted by molar-refractivity contribution is -0.00418. The summed E-state index contributed by atoms with van der Waals surface area (Å²) in [5.41, 5.74) is 7.52. The Morgan fingerprint density at radius 3 is 2.81 bits per heavy atom. The highest BCUT2D eigenvalue weighted by Gasteiger charge is 2.50. The molecule has 1 saturated heterocycles. The van der Waals surface area contributed by atoms with E-state index in [1.165, 1.54) is 12.4 Å². The van der Waals surface area contributed by atoms with E-state index < -0.39 is 5.54 Å². The van der Waals surface area contributed by atoms with Gasteiger partial charge in [-0.3, -0.25) is 0 Å². The molecule has 26 heavy (non-hydrogen) atoms. The number of aliphatic imine (C=N–C) groups is 1. The standard InChI is InChI=1S/C18H19FN4OS.CH4/c1-11-14-4-5-24-9-18(14,23-17(20)25-11)15-6-12(2-3-16(15)19)13-7-21-10-22-8-13;/h2-3,6-8,10-11,14H,4-5,9H2,1H3,(H2,20,23);1H4/t11-,14+,18+;/m1./s1. The summed E-state index contributed by atoms with van der Waals surface area (Å²) in [7, 11) is 0. The number of ether oxygens (including phenoxy) is 1. The molecule has 3 atom stereocenters. The zero-order chi connectivity index (χ0) is 17.4. The van der Waals surface area contributed by atoms with Crippen LogP contribution in [0.1, 0.15) is 26.3 Å². The maximum Gasteiger partial charge on any atom is 0.155 e. The van der Waals surface area contributed by atoms with Gasteiger partial charge in [-0.05, 0) is 24.1 Å². The first kappa shape index (κ1) is 18.8. The third kappa shape index (κ3) is 3.10. The summed E-state index contributed by atoms with van der Waals surface area (Å²) in [6.45, 7) is 3.14. The van der Waals surface area contributed by atoms with Crippen LogP contribution in [-0.2, 0) is 10.3 Å². The van der Waals surface area contributed by atoms with E-state index in [1.54, 1.807) is 30.2 Å². The molecule has 2 aromatic rings. The predicted molar refractivity (Wildman–Crippen MR) is 103 cm³/mol. The van der Waals surface area contributed by atoms with Crippen LogP contribution in [0.4, 0.5) is 4.39 Å². The summed E-state index contributed by atoms with van der Waals surface area (Å²) < 4.78 is 20.6. The normalized spacial score (nSPS) is 27.8. The highest BCUT2D eigenvalue weighted by molar-refractivity contribution is 8.14. The summed E-state index contributed by atoms with van der Waals surface area (Å²) >= 11 is 1.56. The molecule has 138 valence electrons. The molecule has 2 N–H and O–H groups in total. The second kappa shape index (κ2) is 7.32. The largest absolute Gasteiger partial charge is 0.379 e. The summed E-state index contributed by atoms with van der Waals surface area (Å²) in [5, 5.41) is 0.742. The molecule has 0 aliphatic carbocycles. The van der Waals surface area contributed by atoms with E-state index in [0.717, 1.165) is 17.5 Å². The minimum Gasteiger partial charge on any atom is -0.379 e. The first-order valence-corrected chi connectivity index (χ1v) is 9.13. The number of nitrogens with two attached hydrogens (primary N) is 1. The van der Waals surface area contributed by atoms with Gasteiger partial charge in [0, 0.05) is 41.3 Å². The van der Waals surface area contributed by atoms with E-state index in [1.807, 2.05) is 6.07 Å². The van der Waals surface area contributed by atoms with Crippen LogP contribution in [0.3, 0.4) is 0 Å². The van der Waals surface area contributed by atoms with E-state index in [-0.39, 0.29) is 24.4 Å². The van der Waals surface area contributed by atoms with E-state index in [4.69, 9.17) is 15.5 Å². The Morgan fingerprint density at radius 1 is 1.27 bits per heavy atom. The fraction of sp³-hybridized carbons (Fsp3) is 0.421. The first-order chi connectivity index (χ1) is 12.1. The number of fused-ring (bicyclic) bond motifs is 1. The van der Waals surface area contributed by atoms with Crippen molar-refractivity contribution in [3.05, 3.63) is 48.3 Å². The highest BCUT2D eigenvalue weighted by Crippen LogP contribution is 2.48. The first-order valence-electron chi connectivity index (χ1n) is 8.25. The van der Waals surface area contributed by atoms with E-state index >= 15 is 0 Å². The Kier molecular flexibility index (Phi) is 5.29. The third-order valence-electron chi connectivity index (χ3n) is 5.02. The number of rotatable bonds is 2. The maximum absolute atomic E-state index is 14.9. The highest BCUT2D eigenvalue weighted by atomic mass is 32.2. The second-order valence-electron chi connectivity index (χ2n) is 6.47. The van der Waals surface area contributed by atoms with Crippen LogP contribution in [0.5, 0.6) is 0 Å². The van der Waals surface area contributed by atoms with Crippen molar-refractivity contribution in [1.29, 1.82) is 0 Å². The van der Waals surface area contributed by atoms with Crippen LogP contribution in [-0.4, -0.2) is 33.6 Å². The third-order valence-corrected chi connectivity index (χ3v) is 6.05. The summed E-state index contributed by atoms with van der Waals surface area (Å²) in [6.07, 6.45) is 5.74. The summed E-state index contributed by atoms with van der Waals surface area (Å²) in [6, 6.07) is 5.06. The number of amidine groups is 1. The Hall–Kier alpha value is -1.99. The summed E-state index contributed by atoms with van der Waals surface area (Å²) in [4.78, 5) is 12.8. The van der Waals surface area contributed by atoms with Gasteiger partial charge in [-0.15, -0.1) is 0 Å². The number of benzene rings is 1. The minimum atomic E-state index is -0.775. The molecule has 0 spiro atoms. The zero-order valence-electron chi connectivity index (χ0n) is 13.9. The fourth-order valence-electron chi connectivity index (χ4n) is 3.84. The van der Waals surface area contributed by atoms with Gasteiger partial charge in [-0.1, -0.05) is 32.2 Å². The lowest BCUT2D eigenvalue weighted by Crippen LogP contribution is -2.50. The number of nitrogens with zero attached hydrogens (tertiary/aromatic N) is 3. The van der Waals surface area contributed by atoms with Gasteiger partial charge in [0.2, 0.25) is 0 Å². The molecule has 3 heterocycles. The molecule has 0 bridgehead atoms. The van der Waals surface area contributed by atoms with Gasteiger partial charge in [0.25, 0.3) is 0 Å². The molecule has 5 nitrogen and oxygen atoms in total. The van der Waals surface area contributed by atoms with Crippen LogP contribution in [0.25, 0.3) is 11.1 Å².